The molecule has 0 unspecified atom stereocenters. The second-order valence-electron chi connectivity index (χ2n) is 0.289. The van der Waals surface area contributed by atoms with E-state index in [0.717, 1.165) is 0 Å². The molecule has 0 aliphatic carbocycles. The molecule has 0 saturated heterocycles. The number of carbonyl (C=O) groups is 3. The van der Waals surface area contributed by atoms with Crippen LogP contribution in [0.15, 0.2) is 0 Å². The first-order valence-corrected chi connectivity index (χ1v) is 2.62. The van der Waals surface area contributed by atoms with Crippen LogP contribution in [0.25, 0.3) is 0 Å². The standard InChI is InChI=1S/3CH2O2.H3N.O.Zr/c3*2-1-3;;;/h3*1H,(H,2,3);1H3;;/q;;;;;+2/p-2. The van der Waals surface area contributed by atoms with E-state index in [2.05, 4.69) is 0 Å². The maximum absolute atomic E-state index is 8.34. The van der Waals surface area contributed by atoms with Gasteiger partial charge in [-0.3, -0.25) is 0 Å². The zero-order valence-electron chi connectivity index (χ0n) is 6.09. The quantitative estimate of drug-likeness (QED) is 0.426. The molecule has 0 spiro atoms. The molecule has 8 nitrogen and oxygen atoms in total. The van der Waals surface area contributed by atoms with Crippen molar-refractivity contribution in [3.05, 3.63) is 0 Å². The van der Waals surface area contributed by atoms with Gasteiger partial charge in [-0.25, -0.2) is 0 Å². The summed E-state index contributed by atoms with van der Waals surface area (Å²) < 4.78 is 8.34. The fourth-order valence-corrected chi connectivity index (χ4v) is 0. The van der Waals surface area contributed by atoms with Crippen molar-refractivity contribution in [2.45, 2.75) is 0 Å². The second kappa shape index (κ2) is 195. The minimum atomic E-state index is -0.500. The monoisotopic (exact) mass is 259 g/mol. The third-order valence-electron chi connectivity index (χ3n) is 0. The summed E-state index contributed by atoms with van der Waals surface area (Å²) in [5, 5.41) is 24.8. The molecule has 9 heteroatoms. The molecule has 0 fully saturated rings. The molecule has 0 heterocycles. The van der Waals surface area contributed by atoms with Gasteiger partial charge in [0.25, 0.3) is 0 Å². The zero-order valence-corrected chi connectivity index (χ0v) is 8.55. The number of carbonyl (C=O) groups excluding carboxylic acids is 3. The van der Waals surface area contributed by atoms with Gasteiger partial charge in [0.15, 0.2) is 0 Å². The van der Waals surface area contributed by atoms with Crippen LogP contribution in [0.5, 0.6) is 0 Å². The molecule has 0 aliphatic heterocycles. The molecular formula is C3H7NO7Zr. The van der Waals surface area contributed by atoms with E-state index in [1.54, 1.807) is 0 Å². The van der Waals surface area contributed by atoms with E-state index in [0.29, 0.717) is 24.7 Å². The van der Waals surface area contributed by atoms with E-state index in [1.165, 1.54) is 0 Å². The average Bonchev–Trinajstić information content (AvgIpc) is 1.96. The molecule has 0 amide bonds. The Hall–Kier alpha value is -0.947. The van der Waals surface area contributed by atoms with Crippen LogP contribution < -0.4 is 21.5 Å². The predicted molar refractivity (Wildman–Crippen MR) is 24.9 cm³/mol. The van der Waals surface area contributed by atoms with Crippen molar-refractivity contribution >= 4 is 19.4 Å². The van der Waals surface area contributed by atoms with E-state index < -0.39 is 19.4 Å². The van der Waals surface area contributed by atoms with Gasteiger partial charge in [0.1, 0.15) is 0 Å². The number of hydrogen-bond acceptors (Lipinski definition) is 7. The van der Waals surface area contributed by atoms with Gasteiger partial charge in [-0.05, 0) is 0 Å². The summed E-state index contributed by atoms with van der Waals surface area (Å²) in [5.41, 5.74) is 0. The van der Waals surface area contributed by atoms with Gasteiger partial charge in [0.05, 0.1) is 0 Å². The Balaban J connectivity index is -0.0000000179. The van der Waals surface area contributed by atoms with E-state index in [9.17, 15) is 0 Å². The van der Waals surface area contributed by atoms with Crippen LogP contribution in [-0.2, 0) is 41.9 Å². The number of carboxylic acid groups (broad SMARTS) is 3. The van der Waals surface area contributed by atoms with E-state index >= 15 is 0 Å². The summed E-state index contributed by atoms with van der Waals surface area (Å²) in [7, 11) is 0. The summed E-state index contributed by atoms with van der Waals surface area (Å²) in [6, 6.07) is 0. The van der Waals surface area contributed by atoms with Crippen molar-refractivity contribution in [2.24, 2.45) is 0 Å². The first kappa shape index (κ1) is 30.5. The Bertz CT molecular complexity index is 64.8. The van der Waals surface area contributed by atoms with Crippen LogP contribution >= 0.6 is 0 Å². The Labute approximate surface area is 83.1 Å². The van der Waals surface area contributed by atoms with Crippen molar-refractivity contribution in [1.29, 1.82) is 0 Å². The molecule has 0 aromatic rings. The molecule has 0 atom stereocenters. The van der Waals surface area contributed by atoms with Crippen molar-refractivity contribution in [3.8, 4) is 0 Å². The van der Waals surface area contributed by atoms with Crippen molar-refractivity contribution in [1.82, 2.24) is 6.15 Å². The molecule has 12 heavy (non-hydrogen) atoms. The number of hydrogen-bond donors (Lipinski definition) is 1. The van der Waals surface area contributed by atoms with Gasteiger partial charge in [-0.2, -0.15) is 0 Å². The minimum absolute atomic E-state index is 0. The number of rotatable bonds is 0. The Morgan fingerprint density at radius 3 is 0.750 bits per heavy atom. The Kier molecular flexibility index (Phi) is 497. The van der Waals surface area contributed by atoms with Crippen LogP contribution in [0, 0.1) is 0 Å². The summed E-state index contributed by atoms with van der Waals surface area (Å²) >= 11 is 0.300. The predicted octanol–water partition coefficient (Wildman–Crippen LogP) is -4.65. The third kappa shape index (κ3) is 655. The van der Waals surface area contributed by atoms with E-state index in [4.69, 9.17) is 32.5 Å². The molecule has 0 radical (unpaired) electrons. The Morgan fingerprint density at radius 1 is 0.750 bits per heavy atom. The third-order valence-corrected chi connectivity index (χ3v) is 0. The average molecular weight is 260 g/mol. The van der Waals surface area contributed by atoms with Crippen molar-refractivity contribution in [3.63, 3.8) is 0 Å². The van der Waals surface area contributed by atoms with Gasteiger partial charge in [-0.1, -0.05) is 0 Å². The first-order valence-electron chi connectivity index (χ1n) is 1.62. The van der Waals surface area contributed by atoms with Gasteiger partial charge in [0.2, 0.25) is 0 Å². The molecule has 0 aromatic carbocycles. The van der Waals surface area contributed by atoms with Gasteiger partial charge >= 0.3 is 27.5 Å². The second-order valence-corrected chi connectivity index (χ2v) is 0.289. The van der Waals surface area contributed by atoms with Crippen molar-refractivity contribution in [2.75, 3.05) is 0 Å². The molecule has 0 bridgehead atoms. The maximum atomic E-state index is 8.34. The summed E-state index contributed by atoms with van der Waals surface area (Å²) in [6.45, 7) is -1.50. The summed E-state index contributed by atoms with van der Waals surface area (Å²) in [5.74, 6) is 0. The van der Waals surface area contributed by atoms with Gasteiger partial charge in [0, 0.05) is 19.4 Å². The van der Waals surface area contributed by atoms with Crippen LogP contribution in [0.1, 0.15) is 0 Å². The molecule has 0 saturated carbocycles. The zero-order chi connectivity index (χ0) is 10.1. The van der Waals surface area contributed by atoms with Gasteiger partial charge in [-0.15, -0.1) is 0 Å². The normalized spacial score (nSPS) is 3.50. The summed E-state index contributed by atoms with van der Waals surface area (Å²) in [4.78, 5) is 24.8. The fraction of sp³-hybridized carbons (Fsp3) is 0. The molecular weight excluding hydrogens is 253 g/mol. The molecule has 0 aliphatic rings. The molecule has 70 valence electrons. The van der Waals surface area contributed by atoms with E-state index in [-0.39, 0.29) is 6.15 Å². The van der Waals surface area contributed by atoms with E-state index in [1.807, 2.05) is 0 Å². The fourth-order valence-electron chi connectivity index (χ4n) is 0. The Morgan fingerprint density at radius 2 is 0.750 bits per heavy atom. The van der Waals surface area contributed by atoms with Gasteiger partial charge < -0.3 is 35.9 Å². The molecule has 4 N–H and O–H groups in total. The topological polar surface area (TPSA) is 174 Å². The summed E-state index contributed by atoms with van der Waals surface area (Å²) in [6.07, 6.45) is 0. The van der Waals surface area contributed by atoms with Crippen LogP contribution in [0.4, 0.5) is 0 Å². The number of quaternary nitrogens is 1. The molecule has 0 aromatic heterocycles. The van der Waals surface area contributed by atoms with Crippen LogP contribution in [0.2, 0.25) is 0 Å². The first-order chi connectivity index (χ1) is 5.24. The molecule has 0 rings (SSSR count). The van der Waals surface area contributed by atoms with Crippen LogP contribution in [0.3, 0.4) is 0 Å². The van der Waals surface area contributed by atoms with Crippen LogP contribution in [-0.4, -0.2) is 19.4 Å². The van der Waals surface area contributed by atoms with Crippen molar-refractivity contribution < 1.29 is 57.2 Å². The SMILES string of the molecule is O=C[O-].O=C[O-].O=C[O-].[NH4+].[O]=[Zr+2].